The molecule has 1 aliphatic rings. The van der Waals surface area contributed by atoms with Crippen molar-refractivity contribution in [2.24, 2.45) is 13.0 Å². The fraction of sp³-hybridized carbons (Fsp3) is 0.600. The summed E-state index contributed by atoms with van der Waals surface area (Å²) in [5.74, 6) is -1.52. The van der Waals surface area contributed by atoms with Crippen LogP contribution < -0.4 is 0 Å². The molecule has 2 atom stereocenters. The molecule has 0 aromatic carbocycles. The third-order valence-electron chi connectivity index (χ3n) is 3.33. The highest BCUT2D eigenvalue weighted by Crippen LogP contribution is 2.42. The van der Waals surface area contributed by atoms with Gasteiger partial charge < -0.3 is 10.2 Å². The molecule has 15 heavy (non-hydrogen) atoms. The Balaban J connectivity index is 2.67. The van der Waals surface area contributed by atoms with Gasteiger partial charge in [-0.3, -0.25) is 4.68 Å². The zero-order valence-electron chi connectivity index (χ0n) is 8.98. The quantitative estimate of drug-likeness (QED) is 0.694. The van der Waals surface area contributed by atoms with Gasteiger partial charge in [0.1, 0.15) is 0 Å². The average Bonchev–Trinajstić information content (AvgIpc) is 2.53. The number of aromatic nitrogens is 2. The second-order valence-corrected chi connectivity index (χ2v) is 4.21. The summed E-state index contributed by atoms with van der Waals surface area (Å²) in [6, 6.07) is 0. The van der Waals surface area contributed by atoms with E-state index in [2.05, 4.69) is 5.10 Å². The predicted octanol–water partition coefficient (Wildman–Crippen LogP) is 0.193. The van der Waals surface area contributed by atoms with Crippen molar-refractivity contribution in [2.75, 3.05) is 0 Å². The number of aryl methyl sites for hydroxylation is 1. The van der Waals surface area contributed by atoms with Crippen LogP contribution in [0.5, 0.6) is 0 Å². The Morgan fingerprint density at radius 3 is 2.80 bits per heavy atom. The fourth-order valence-corrected chi connectivity index (χ4v) is 2.32. The van der Waals surface area contributed by atoms with E-state index >= 15 is 0 Å². The highest BCUT2D eigenvalue weighted by molar-refractivity contribution is 5.81. The summed E-state index contributed by atoms with van der Waals surface area (Å²) < 4.78 is 1.62. The van der Waals surface area contributed by atoms with Crippen molar-refractivity contribution in [2.45, 2.75) is 25.9 Å². The Morgan fingerprint density at radius 2 is 2.27 bits per heavy atom. The Kier molecular flexibility index (Phi) is 1.91. The molecule has 0 saturated heterocycles. The smallest absolute Gasteiger partial charge is 0.340 e. The minimum atomic E-state index is -1.77. The SMILES string of the molecule is Cc1c2c(nn1C)CC(C)C2(O)C(=O)O. The van der Waals surface area contributed by atoms with E-state index in [0.29, 0.717) is 17.7 Å². The average molecular weight is 210 g/mol. The molecule has 0 saturated carbocycles. The first-order valence-electron chi connectivity index (χ1n) is 4.87. The maximum Gasteiger partial charge on any atom is 0.340 e. The molecule has 0 aliphatic heterocycles. The van der Waals surface area contributed by atoms with Gasteiger partial charge in [0.2, 0.25) is 0 Å². The van der Waals surface area contributed by atoms with E-state index in [0.717, 1.165) is 5.69 Å². The van der Waals surface area contributed by atoms with E-state index in [4.69, 9.17) is 5.11 Å². The summed E-state index contributed by atoms with van der Waals surface area (Å²) in [5.41, 5.74) is 0.130. The molecule has 1 aromatic rings. The minimum absolute atomic E-state index is 0.326. The van der Waals surface area contributed by atoms with Gasteiger partial charge in [-0.2, -0.15) is 5.10 Å². The van der Waals surface area contributed by atoms with Crippen molar-refractivity contribution >= 4 is 5.97 Å². The topological polar surface area (TPSA) is 75.3 Å². The molecular weight excluding hydrogens is 196 g/mol. The summed E-state index contributed by atoms with van der Waals surface area (Å²) in [6.07, 6.45) is 0.514. The molecule has 5 heteroatoms. The molecule has 5 nitrogen and oxygen atoms in total. The van der Waals surface area contributed by atoms with Gasteiger partial charge >= 0.3 is 5.97 Å². The molecular formula is C10H14N2O3. The molecule has 1 aliphatic carbocycles. The van der Waals surface area contributed by atoms with Crippen LogP contribution >= 0.6 is 0 Å². The summed E-state index contributed by atoms with van der Waals surface area (Å²) >= 11 is 0. The van der Waals surface area contributed by atoms with E-state index in [1.165, 1.54) is 0 Å². The van der Waals surface area contributed by atoms with Crippen molar-refractivity contribution in [3.8, 4) is 0 Å². The second kappa shape index (κ2) is 2.82. The van der Waals surface area contributed by atoms with Gasteiger partial charge in [0, 0.05) is 24.2 Å². The maximum atomic E-state index is 11.2. The number of rotatable bonds is 1. The van der Waals surface area contributed by atoms with E-state index < -0.39 is 11.6 Å². The Labute approximate surface area is 87.3 Å². The van der Waals surface area contributed by atoms with Crippen molar-refractivity contribution in [3.05, 3.63) is 17.0 Å². The molecule has 0 bridgehead atoms. The number of nitrogens with zero attached hydrogens (tertiary/aromatic N) is 2. The van der Waals surface area contributed by atoms with Gasteiger partial charge in [-0.05, 0) is 13.3 Å². The van der Waals surface area contributed by atoms with Crippen LogP contribution in [0.4, 0.5) is 0 Å². The predicted molar refractivity (Wildman–Crippen MR) is 52.3 cm³/mol. The third-order valence-corrected chi connectivity index (χ3v) is 3.33. The van der Waals surface area contributed by atoms with Crippen LogP contribution in [0.25, 0.3) is 0 Å². The normalized spacial score (nSPS) is 29.2. The molecule has 0 spiro atoms. The van der Waals surface area contributed by atoms with Crippen LogP contribution in [-0.4, -0.2) is 26.0 Å². The standard InChI is InChI=1S/C10H14N2O3/c1-5-4-7-8(6(2)12(3)11-7)10(5,15)9(13)14/h5,15H,4H2,1-3H3,(H,13,14). The zero-order valence-corrected chi connectivity index (χ0v) is 8.98. The number of aliphatic carboxylic acids is 1. The highest BCUT2D eigenvalue weighted by atomic mass is 16.4. The monoisotopic (exact) mass is 210 g/mol. The highest BCUT2D eigenvalue weighted by Gasteiger charge is 2.52. The Bertz CT molecular complexity index is 438. The molecule has 2 N–H and O–H groups in total. The summed E-state index contributed by atoms with van der Waals surface area (Å²) in [6.45, 7) is 3.51. The van der Waals surface area contributed by atoms with E-state index in [1.54, 1.807) is 25.6 Å². The van der Waals surface area contributed by atoms with Crippen LogP contribution in [0, 0.1) is 12.8 Å². The summed E-state index contributed by atoms with van der Waals surface area (Å²) in [7, 11) is 1.75. The third kappa shape index (κ3) is 1.07. The number of fused-ring (bicyclic) bond motifs is 1. The van der Waals surface area contributed by atoms with Gasteiger partial charge in [0.25, 0.3) is 0 Å². The lowest BCUT2D eigenvalue weighted by atomic mass is 9.88. The van der Waals surface area contributed by atoms with Crippen LogP contribution in [0.3, 0.4) is 0 Å². The number of hydrogen-bond acceptors (Lipinski definition) is 3. The largest absolute Gasteiger partial charge is 0.479 e. The van der Waals surface area contributed by atoms with Gasteiger partial charge in [-0.1, -0.05) is 6.92 Å². The lowest BCUT2D eigenvalue weighted by Gasteiger charge is -2.23. The molecule has 0 fully saturated rings. The molecule has 1 heterocycles. The van der Waals surface area contributed by atoms with Gasteiger partial charge in [0.05, 0.1) is 5.69 Å². The van der Waals surface area contributed by atoms with Crippen molar-refractivity contribution < 1.29 is 15.0 Å². The molecule has 2 rings (SSSR count). The molecule has 0 radical (unpaired) electrons. The zero-order chi connectivity index (χ0) is 11.4. The van der Waals surface area contributed by atoms with E-state index in [1.807, 2.05) is 0 Å². The molecule has 2 unspecified atom stereocenters. The number of carboxylic acid groups (broad SMARTS) is 1. The van der Waals surface area contributed by atoms with Gasteiger partial charge in [-0.25, -0.2) is 4.79 Å². The van der Waals surface area contributed by atoms with Crippen molar-refractivity contribution in [1.82, 2.24) is 9.78 Å². The number of carboxylic acids is 1. The van der Waals surface area contributed by atoms with Crippen LogP contribution in [0.2, 0.25) is 0 Å². The number of hydrogen-bond donors (Lipinski definition) is 2. The van der Waals surface area contributed by atoms with E-state index in [-0.39, 0.29) is 5.92 Å². The summed E-state index contributed by atoms with van der Waals surface area (Å²) in [4.78, 5) is 11.2. The molecule has 1 aromatic heterocycles. The Morgan fingerprint density at radius 1 is 1.67 bits per heavy atom. The number of carbonyl (C=O) groups is 1. The minimum Gasteiger partial charge on any atom is -0.479 e. The first kappa shape index (κ1) is 10.2. The summed E-state index contributed by atoms with van der Waals surface area (Å²) in [5, 5.41) is 23.6. The first-order valence-corrected chi connectivity index (χ1v) is 4.87. The second-order valence-electron chi connectivity index (χ2n) is 4.21. The fourth-order valence-electron chi connectivity index (χ4n) is 2.32. The maximum absolute atomic E-state index is 11.2. The van der Waals surface area contributed by atoms with Crippen molar-refractivity contribution in [1.29, 1.82) is 0 Å². The number of aliphatic hydroxyl groups is 1. The first-order chi connectivity index (χ1) is 6.89. The Hall–Kier alpha value is -1.36. The molecule has 82 valence electrons. The van der Waals surface area contributed by atoms with Crippen LogP contribution in [0.15, 0.2) is 0 Å². The lowest BCUT2D eigenvalue weighted by molar-refractivity contribution is -0.164. The van der Waals surface area contributed by atoms with Crippen LogP contribution in [-0.2, 0) is 23.9 Å². The van der Waals surface area contributed by atoms with Crippen molar-refractivity contribution in [3.63, 3.8) is 0 Å². The van der Waals surface area contributed by atoms with Crippen LogP contribution in [0.1, 0.15) is 23.9 Å². The van der Waals surface area contributed by atoms with E-state index in [9.17, 15) is 9.90 Å². The van der Waals surface area contributed by atoms with Gasteiger partial charge in [-0.15, -0.1) is 0 Å². The molecule has 0 amide bonds. The van der Waals surface area contributed by atoms with Gasteiger partial charge in [0.15, 0.2) is 5.60 Å². The lowest BCUT2D eigenvalue weighted by Crippen LogP contribution is -2.39.